The summed E-state index contributed by atoms with van der Waals surface area (Å²) in [6, 6.07) is 10.3. The van der Waals surface area contributed by atoms with Gasteiger partial charge in [-0.1, -0.05) is 35.9 Å². The van der Waals surface area contributed by atoms with E-state index in [9.17, 15) is 4.79 Å². The van der Waals surface area contributed by atoms with Crippen LogP contribution in [0.3, 0.4) is 0 Å². The number of ketones is 1. The van der Waals surface area contributed by atoms with Crippen molar-refractivity contribution in [2.45, 2.75) is 32.6 Å². The summed E-state index contributed by atoms with van der Waals surface area (Å²) in [5.74, 6) is 0.364. The first-order valence-corrected chi connectivity index (χ1v) is 5.53. The van der Waals surface area contributed by atoms with E-state index in [-0.39, 0.29) is 0 Å². The highest BCUT2D eigenvalue weighted by atomic mass is 16.1. The summed E-state index contributed by atoms with van der Waals surface area (Å²) in [6.07, 6.45) is 3.70. The molecule has 0 aliphatic heterocycles. The molecule has 15 heavy (non-hydrogen) atoms. The Morgan fingerprint density at radius 3 is 2.53 bits per heavy atom. The van der Waals surface area contributed by atoms with Crippen molar-refractivity contribution >= 4 is 5.78 Å². The number of rotatable bonds is 2. The van der Waals surface area contributed by atoms with Crippen LogP contribution in [0.2, 0.25) is 0 Å². The molecule has 1 aromatic carbocycles. The van der Waals surface area contributed by atoms with Crippen LogP contribution in [0.15, 0.2) is 41.5 Å². The third kappa shape index (κ3) is 2.35. The minimum atomic E-state index is 0.364. The second kappa shape index (κ2) is 4.43. The molecule has 0 radical (unpaired) electrons. The highest BCUT2D eigenvalue weighted by Gasteiger charge is 2.18. The normalized spacial score (nSPS) is 19.4. The molecule has 0 heterocycles. The topological polar surface area (TPSA) is 17.1 Å². The second-order valence-electron chi connectivity index (χ2n) is 4.20. The van der Waals surface area contributed by atoms with Crippen LogP contribution in [0.1, 0.15) is 31.7 Å². The molecule has 0 unspecified atom stereocenters. The van der Waals surface area contributed by atoms with Crippen molar-refractivity contribution in [3.63, 3.8) is 0 Å². The number of allylic oxidation sites excluding steroid dienone is 2. The maximum atomic E-state index is 11.5. The van der Waals surface area contributed by atoms with Gasteiger partial charge in [-0.3, -0.25) is 4.79 Å². The third-order valence-corrected chi connectivity index (χ3v) is 2.99. The smallest absolute Gasteiger partial charge is 0.158 e. The van der Waals surface area contributed by atoms with Crippen molar-refractivity contribution in [3.05, 3.63) is 47.0 Å². The van der Waals surface area contributed by atoms with Gasteiger partial charge in [0.25, 0.3) is 0 Å². The fraction of sp³-hybridized carbons (Fsp3) is 0.357. The molecular weight excluding hydrogens is 184 g/mol. The maximum Gasteiger partial charge on any atom is 0.158 e. The van der Waals surface area contributed by atoms with E-state index in [0.29, 0.717) is 5.78 Å². The Hall–Kier alpha value is -1.37. The molecule has 1 fully saturated rings. The molecule has 0 atom stereocenters. The Labute approximate surface area is 90.8 Å². The molecule has 1 saturated carbocycles. The molecule has 1 aliphatic rings. The van der Waals surface area contributed by atoms with E-state index < -0.39 is 0 Å². The fourth-order valence-electron chi connectivity index (χ4n) is 2.18. The van der Waals surface area contributed by atoms with E-state index in [1.54, 1.807) is 0 Å². The molecule has 1 aliphatic carbocycles. The Balaban J connectivity index is 2.16. The van der Waals surface area contributed by atoms with E-state index in [1.807, 2.05) is 18.2 Å². The lowest BCUT2D eigenvalue weighted by atomic mass is 10.00. The van der Waals surface area contributed by atoms with Gasteiger partial charge in [-0.15, -0.1) is 0 Å². The van der Waals surface area contributed by atoms with Crippen LogP contribution < -0.4 is 0 Å². The monoisotopic (exact) mass is 200 g/mol. The molecular formula is C14H16O. The first kappa shape index (κ1) is 10.2. The lowest BCUT2D eigenvalue weighted by Crippen LogP contribution is -1.98. The summed E-state index contributed by atoms with van der Waals surface area (Å²) in [5.41, 5.74) is 3.63. The van der Waals surface area contributed by atoms with Gasteiger partial charge in [0.05, 0.1) is 0 Å². The Morgan fingerprint density at radius 1 is 1.20 bits per heavy atom. The Morgan fingerprint density at radius 2 is 1.93 bits per heavy atom. The zero-order valence-electron chi connectivity index (χ0n) is 9.12. The van der Waals surface area contributed by atoms with Crippen LogP contribution in [-0.2, 0) is 11.2 Å². The predicted molar refractivity (Wildman–Crippen MR) is 61.7 cm³/mol. The highest BCUT2D eigenvalue weighted by molar-refractivity contribution is 5.98. The second-order valence-corrected chi connectivity index (χ2v) is 4.20. The molecule has 1 heteroatoms. The molecule has 1 aromatic rings. The molecule has 0 aromatic heterocycles. The van der Waals surface area contributed by atoms with Gasteiger partial charge >= 0.3 is 0 Å². The zero-order valence-corrected chi connectivity index (χ0v) is 9.12. The van der Waals surface area contributed by atoms with E-state index in [0.717, 1.165) is 31.3 Å². The average molecular weight is 200 g/mol. The van der Waals surface area contributed by atoms with Crippen molar-refractivity contribution < 1.29 is 4.79 Å². The van der Waals surface area contributed by atoms with E-state index >= 15 is 0 Å². The average Bonchev–Trinajstić information content (AvgIpc) is 2.66. The molecule has 78 valence electrons. The number of Topliss-reactive ketones (excluding diaryl/α,β-unsaturated/α-hetero) is 1. The Bertz CT molecular complexity index is 387. The molecule has 0 saturated heterocycles. The van der Waals surface area contributed by atoms with Crippen LogP contribution >= 0.6 is 0 Å². The Kier molecular flexibility index (Phi) is 3.00. The van der Waals surface area contributed by atoms with Crippen molar-refractivity contribution in [2.75, 3.05) is 0 Å². The number of hydrogen-bond donors (Lipinski definition) is 0. The van der Waals surface area contributed by atoms with Crippen molar-refractivity contribution in [3.8, 4) is 0 Å². The van der Waals surface area contributed by atoms with Crippen molar-refractivity contribution in [2.24, 2.45) is 0 Å². The summed E-state index contributed by atoms with van der Waals surface area (Å²) in [6.45, 7) is 2.09. The SMILES string of the molecule is C/C(Cc1ccccc1)=C1/CCCC1=O. The standard InChI is InChI=1S/C14H16O/c1-11(13-8-5-9-14(13)15)10-12-6-3-2-4-7-12/h2-4,6-7H,5,8-10H2,1H3/b13-11+. The first-order chi connectivity index (χ1) is 7.27. The molecule has 2 rings (SSSR count). The molecule has 1 nitrogen and oxygen atoms in total. The van der Waals surface area contributed by atoms with Gasteiger partial charge in [-0.25, -0.2) is 0 Å². The van der Waals surface area contributed by atoms with Gasteiger partial charge in [0.2, 0.25) is 0 Å². The fourth-order valence-corrected chi connectivity index (χ4v) is 2.18. The quantitative estimate of drug-likeness (QED) is 0.669. The third-order valence-electron chi connectivity index (χ3n) is 2.99. The van der Waals surface area contributed by atoms with Crippen LogP contribution in [0.5, 0.6) is 0 Å². The molecule has 0 spiro atoms. The summed E-state index contributed by atoms with van der Waals surface area (Å²) < 4.78 is 0. The summed E-state index contributed by atoms with van der Waals surface area (Å²) in [4.78, 5) is 11.5. The van der Waals surface area contributed by atoms with Crippen LogP contribution in [0.25, 0.3) is 0 Å². The number of carbonyl (C=O) groups is 1. The van der Waals surface area contributed by atoms with Crippen LogP contribution in [0.4, 0.5) is 0 Å². The summed E-state index contributed by atoms with van der Waals surface area (Å²) >= 11 is 0. The summed E-state index contributed by atoms with van der Waals surface area (Å²) in [7, 11) is 0. The van der Waals surface area contributed by atoms with Gasteiger partial charge in [0.15, 0.2) is 5.78 Å². The molecule has 0 amide bonds. The van der Waals surface area contributed by atoms with Crippen LogP contribution in [-0.4, -0.2) is 5.78 Å². The lowest BCUT2D eigenvalue weighted by molar-refractivity contribution is -0.114. The lowest BCUT2D eigenvalue weighted by Gasteiger charge is -2.05. The van der Waals surface area contributed by atoms with Gasteiger partial charge < -0.3 is 0 Å². The summed E-state index contributed by atoms with van der Waals surface area (Å²) in [5, 5.41) is 0. The number of hydrogen-bond acceptors (Lipinski definition) is 1. The zero-order chi connectivity index (χ0) is 10.7. The van der Waals surface area contributed by atoms with Crippen molar-refractivity contribution in [1.82, 2.24) is 0 Å². The maximum absolute atomic E-state index is 11.5. The molecule has 0 bridgehead atoms. The number of benzene rings is 1. The largest absolute Gasteiger partial charge is 0.295 e. The van der Waals surface area contributed by atoms with Crippen LogP contribution in [0, 0.1) is 0 Å². The number of carbonyl (C=O) groups excluding carboxylic acids is 1. The van der Waals surface area contributed by atoms with E-state index in [2.05, 4.69) is 19.1 Å². The van der Waals surface area contributed by atoms with Gasteiger partial charge in [-0.2, -0.15) is 0 Å². The minimum absolute atomic E-state index is 0.364. The van der Waals surface area contributed by atoms with Gasteiger partial charge in [0.1, 0.15) is 0 Å². The van der Waals surface area contributed by atoms with Gasteiger partial charge in [-0.05, 0) is 37.3 Å². The molecule has 0 N–H and O–H groups in total. The van der Waals surface area contributed by atoms with Gasteiger partial charge in [0, 0.05) is 6.42 Å². The van der Waals surface area contributed by atoms with Crippen molar-refractivity contribution in [1.29, 1.82) is 0 Å². The minimum Gasteiger partial charge on any atom is -0.295 e. The highest BCUT2D eigenvalue weighted by Crippen LogP contribution is 2.25. The van der Waals surface area contributed by atoms with E-state index in [4.69, 9.17) is 0 Å². The van der Waals surface area contributed by atoms with E-state index in [1.165, 1.54) is 11.1 Å². The first-order valence-electron chi connectivity index (χ1n) is 5.53. The predicted octanol–water partition coefficient (Wildman–Crippen LogP) is 3.30.